The zero-order valence-electron chi connectivity index (χ0n) is 20.9. The quantitative estimate of drug-likeness (QED) is 0.418. The van der Waals surface area contributed by atoms with Crippen molar-refractivity contribution in [2.24, 2.45) is 0 Å². The van der Waals surface area contributed by atoms with Gasteiger partial charge >= 0.3 is 0 Å². The van der Waals surface area contributed by atoms with E-state index in [9.17, 15) is 5.11 Å². The SMILES string of the molecule is [CH]c1cncc(-c2ccc(C(CC)(CC)c3ccc(C#CC4(O)CCCC4)c(C)c3)cc2C)c1. The summed E-state index contributed by atoms with van der Waals surface area (Å²) in [5.74, 6) is 6.43. The van der Waals surface area contributed by atoms with E-state index in [2.05, 4.69) is 80.9 Å². The summed E-state index contributed by atoms with van der Waals surface area (Å²) < 4.78 is 0. The molecule has 1 aliphatic carbocycles. The van der Waals surface area contributed by atoms with Crippen molar-refractivity contribution in [2.75, 3.05) is 0 Å². The molecule has 2 radical (unpaired) electrons. The molecular formula is C32H35NO. The summed E-state index contributed by atoms with van der Waals surface area (Å²) in [4.78, 5) is 4.26. The fourth-order valence-corrected chi connectivity index (χ4v) is 5.49. The fraction of sp³-hybridized carbons (Fsp3) is 0.375. The lowest BCUT2D eigenvalue weighted by Crippen LogP contribution is -2.26. The lowest BCUT2D eigenvalue weighted by Gasteiger charge is -2.34. The molecular weight excluding hydrogens is 414 g/mol. The molecule has 3 aromatic rings. The molecule has 1 aromatic heterocycles. The van der Waals surface area contributed by atoms with Gasteiger partial charge in [0.1, 0.15) is 5.60 Å². The minimum absolute atomic E-state index is 0.0718. The molecule has 0 amide bonds. The second kappa shape index (κ2) is 9.77. The van der Waals surface area contributed by atoms with Crippen molar-refractivity contribution in [3.63, 3.8) is 0 Å². The van der Waals surface area contributed by atoms with Crippen LogP contribution >= 0.6 is 0 Å². The van der Waals surface area contributed by atoms with Gasteiger partial charge in [-0.05, 0) is 97.9 Å². The molecule has 1 fully saturated rings. The number of aryl methyl sites for hydroxylation is 2. The van der Waals surface area contributed by atoms with Crippen LogP contribution in [-0.2, 0) is 5.41 Å². The van der Waals surface area contributed by atoms with Crippen LogP contribution in [0.25, 0.3) is 11.1 Å². The Labute approximate surface area is 205 Å². The summed E-state index contributed by atoms with van der Waals surface area (Å²) >= 11 is 0. The van der Waals surface area contributed by atoms with Crippen LogP contribution in [0.4, 0.5) is 0 Å². The van der Waals surface area contributed by atoms with Crippen LogP contribution in [0.3, 0.4) is 0 Å². The van der Waals surface area contributed by atoms with Gasteiger partial charge in [-0.1, -0.05) is 56.0 Å². The van der Waals surface area contributed by atoms with E-state index < -0.39 is 5.60 Å². The Hall–Kier alpha value is -2.89. The number of aromatic nitrogens is 1. The Morgan fingerprint density at radius 2 is 1.59 bits per heavy atom. The smallest absolute Gasteiger partial charge is 0.125 e. The summed E-state index contributed by atoms with van der Waals surface area (Å²) in [6.07, 6.45) is 9.25. The number of rotatable bonds is 5. The van der Waals surface area contributed by atoms with Crippen LogP contribution in [0.15, 0.2) is 54.9 Å². The van der Waals surface area contributed by atoms with Gasteiger partial charge in [0, 0.05) is 35.9 Å². The molecule has 1 N–H and O–H groups in total. The first-order valence-corrected chi connectivity index (χ1v) is 12.5. The number of aliphatic hydroxyl groups is 1. The largest absolute Gasteiger partial charge is 0.378 e. The molecule has 0 bridgehead atoms. The van der Waals surface area contributed by atoms with Gasteiger partial charge in [-0.3, -0.25) is 4.98 Å². The third kappa shape index (κ3) is 4.68. The maximum absolute atomic E-state index is 10.6. The molecule has 4 rings (SSSR count). The molecule has 2 nitrogen and oxygen atoms in total. The Morgan fingerprint density at radius 3 is 2.18 bits per heavy atom. The third-order valence-corrected chi connectivity index (χ3v) is 7.70. The summed E-state index contributed by atoms with van der Waals surface area (Å²) in [6, 6.07) is 15.4. The molecule has 0 unspecified atom stereocenters. The van der Waals surface area contributed by atoms with E-state index in [1.165, 1.54) is 16.7 Å². The molecule has 2 aromatic carbocycles. The topological polar surface area (TPSA) is 33.1 Å². The highest BCUT2D eigenvalue weighted by Gasteiger charge is 2.32. The van der Waals surface area contributed by atoms with Crippen molar-refractivity contribution in [1.29, 1.82) is 0 Å². The van der Waals surface area contributed by atoms with E-state index in [4.69, 9.17) is 6.92 Å². The monoisotopic (exact) mass is 449 g/mol. The molecule has 1 heterocycles. The van der Waals surface area contributed by atoms with Gasteiger partial charge in [0.2, 0.25) is 0 Å². The van der Waals surface area contributed by atoms with Crippen molar-refractivity contribution < 1.29 is 5.11 Å². The molecule has 34 heavy (non-hydrogen) atoms. The van der Waals surface area contributed by atoms with Crippen LogP contribution < -0.4 is 0 Å². The van der Waals surface area contributed by atoms with Gasteiger partial charge in [0.15, 0.2) is 0 Å². The minimum atomic E-state index is -0.806. The van der Waals surface area contributed by atoms with Crippen LogP contribution in [0.5, 0.6) is 0 Å². The fourth-order valence-electron chi connectivity index (χ4n) is 5.49. The Bertz CT molecular complexity index is 1230. The second-order valence-corrected chi connectivity index (χ2v) is 9.84. The van der Waals surface area contributed by atoms with Crippen molar-refractivity contribution in [1.82, 2.24) is 4.98 Å². The predicted molar refractivity (Wildman–Crippen MR) is 141 cm³/mol. The maximum Gasteiger partial charge on any atom is 0.125 e. The van der Waals surface area contributed by atoms with E-state index >= 15 is 0 Å². The molecule has 0 spiro atoms. The molecule has 2 heteroatoms. The van der Waals surface area contributed by atoms with Gasteiger partial charge < -0.3 is 5.11 Å². The number of pyridine rings is 1. The lowest BCUT2D eigenvalue weighted by atomic mass is 9.69. The normalized spacial score (nSPS) is 15.1. The molecule has 0 saturated heterocycles. The lowest BCUT2D eigenvalue weighted by molar-refractivity contribution is 0.110. The zero-order valence-corrected chi connectivity index (χ0v) is 20.9. The van der Waals surface area contributed by atoms with Crippen LogP contribution in [-0.4, -0.2) is 15.7 Å². The number of hydrogen-bond donors (Lipinski definition) is 1. The first-order valence-electron chi connectivity index (χ1n) is 12.5. The first kappa shape index (κ1) is 24.2. The van der Waals surface area contributed by atoms with E-state index in [0.29, 0.717) is 5.56 Å². The summed E-state index contributed by atoms with van der Waals surface area (Å²) in [6.45, 7) is 14.8. The van der Waals surface area contributed by atoms with Crippen LogP contribution in [0.1, 0.15) is 85.8 Å². The van der Waals surface area contributed by atoms with E-state index in [1.807, 2.05) is 12.3 Å². The van der Waals surface area contributed by atoms with Gasteiger partial charge in [0.05, 0.1) is 0 Å². The van der Waals surface area contributed by atoms with Crippen molar-refractivity contribution in [3.05, 3.63) is 95.2 Å². The summed E-state index contributed by atoms with van der Waals surface area (Å²) in [5, 5.41) is 10.6. The van der Waals surface area contributed by atoms with Crippen molar-refractivity contribution >= 4 is 0 Å². The van der Waals surface area contributed by atoms with Crippen molar-refractivity contribution in [2.45, 2.75) is 77.2 Å². The van der Waals surface area contributed by atoms with E-state index in [1.54, 1.807) is 6.20 Å². The first-order chi connectivity index (χ1) is 16.3. The molecule has 0 atom stereocenters. The maximum atomic E-state index is 10.6. The standard InChI is InChI=1S/C32H35NO/c1-6-32(7-2,29-12-13-30(25(5)20-29)27-18-23(3)21-33-22-27)28-11-10-26(24(4)19-28)14-17-31(34)15-8-9-16-31/h3,10-13,18-22,34H,6-9,15-16H2,1-2,4-5H3. The Kier molecular flexibility index (Phi) is 6.96. The van der Waals surface area contributed by atoms with E-state index in [0.717, 1.165) is 60.8 Å². The highest BCUT2D eigenvalue weighted by atomic mass is 16.3. The van der Waals surface area contributed by atoms with Crippen LogP contribution in [0, 0.1) is 32.6 Å². The number of benzene rings is 2. The highest BCUT2D eigenvalue weighted by Crippen LogP contribution is 2.41. The summed E-state index contributed by atoms with van der Waals surface area (Å²) in [7, 11) is 0. The summed E-state index contributed by atoms with van der Waals surface area (Å²) in [5.41, 5.74) is 8.05. The third-order valence-electron chi connectivity index (χ3n) is 7.70. The average Bonchev–Trinajstić information content (AvgIpc) is 3.26. The minimum Gasteiger partial charge on any atom is -0.378 e. The van der Waals surface area contributed by atoms with Crippen LogP contribution in [0.2, 0.25) is 0 Å². The van der Waals surface area contributed by atoms with Gasteiger partial charge in [0.25, 0.3) is 0 Å². The van der Waals surface area contributed by atoms with E-state index in [-0.39, 0.29) is 5.41 Å². The molecule has 1 aliphatic rings. The Balaban J connectivity index is 1.70. The molecule has 174 valence electrons. The van der Waals surface area contributed by atoms with Gasteiger partial charge in [-0.25, -0.2) is 0 Å². The molecule has 0 aliphatic heterocycles. The number of nitrogens with zero attached hydrogens (tertiary/aromatic N) is 1. The average molecular weight is 450 g/mol. The zero-order chi connectivity index (χ0) is 24.3. The van der Waals surface area contributed by atoms with Crippen molar-refractivity contribution in [3.8, 4) is 23.0 Å². The van der Waals surface area contributed by atoms with Gasteiger partial charge in [-0.15, -0.1) is 0 Å². The molecule has 1 saturated carbocycles. The van der Waals surface area contributed by atoms with Gasteiger partial charge in [-0.2, -0.15) is 0 Å². The number of hydrogen-bond acceptors (Lipinski definition) is 2. The second-order valence-electron chi connectivity index (χ2n) is 9.84. The highest BCUT2D eigenvalue weighted by molar-refractivity contribution is 5.68. The predicted octanol–water partition coefficient (Wildman–Crippen LogP) is 7.19. The Morgan fingerprint density at radius 1 is 0.941 bits per heavy atom.